The molecule has 1 aliphatic heterocycles. The molecule has 0 radical (unpaired) electrons. The van der Waals surface area contributed by atoms with E-state index in [9.17, 15) is 0 Å². The van der Waals surface area contributed by atoms with Gasteiger partial charge in [-0.05, 0) is 55.3 Å². The molecule has 2 heterocycles. The summed E-state index contributed by atoms with van der Waals surface area (Å²) in [5, 5.41) is 11.7. The van der Waals surface area contributed by atoms with Crippen LogP contribution in [0.15, 0.2) is 42.7 Å². The second kappa shape index (κ2) is 6.85. The van der Waals surface area contributed by atoms with Gasteiger partial charge in [0.25, 0.3) is 0 Å². The molecule has 1 saturated carbocycles. The molecule has 2 aromatic rings. The highest BCUT2D eigenvalue weighted by Crippen LogP contribution is 2.35. The SMILES string of the molecule is c1cnn(Cc2ccc(CNC3CCNC(C4CC4)C3)cc2)c1. The number of rotatable bonds is 6. The Bertz CT molecular complexity index is 601. The number of hydrogen-bond donors (Lipinski definition) is 2. The van der Waals surface area contributed by atoms with Crippen molar-refractivity contribution in [2.45, 2.75) is 50.9 Å². The maximum absolute atomic E-state index is 4.26. The first-order valence-electron chi connectivity index (χ1n) is 8.89. The standard InChI is InChI=1S/C19H26N4/c1-9-22-23(11-1)14-16-4-2-15(3-5-16)13-21-18-8-10-20-19(12-18)17-6-7-17/h1-5,9,11,17-21H,6-8,10,12-14H2. The van der Waals surface area contributed by atoms with Crippen LogP contribution in [0.25, 0.3) is 0 Å². The van der Waals surface area contributed by atoms with Gasteiger partial charge in [-0.1, -0.05) is 24.3 Å². The quantitative estimate of drug-likeness (QED) is 0.861. The average molecular weight is 310 g/mol. The Kier molecular flexibility index (Phi) is 4.44. The van der Waals surface area contributed by atoms with Crippen LogP contribution in [-0.2, 0) is 13.1 Å². The summed E-state index contributed by atoms with van der Waals surface area (Å²) in [6, 6.07) is 12.3. The van der Waals surface area contributed by atoms with E-state index in [4.69, 9.17) is 0 Å². The molecule has 1 aliphatic carbocycles. The van der Waals surface area contributed by atoms with Gasteiger partial charge in [0.2, 0.25) is 0 Å². The summed E-state index contributed by atoms with van der Waals surface area (Å²) < 4.78 is 1.96. The average Bonchev–Trinajstić information content (AvgIpc) is 3.33. The second-order valence-corrected chi connectivity index (χ2v) is 7.02. The van der Waals surface area contributed by atoms with Crippen molar-refractivity contribution in [2.75, 3.05) is 6.54 Å². The van der Waals surface area contributed by atoms with Gasteiger partial charge in [-0.3, -0.25) is 4.68 Å². The maximum atomic E-state index is 4.26. The van der Waals surface area contributed by atoms with E-state index in [1.807, 2.05) is 23.1 Å². The van der Waals surface area contributed by atoms with E-state index < -0.39 is 0 Å². The van der Waals surface area contributed by atoms with Crippen LogP contribution in [0.2, 0.25) is 0 Å². The van der Waals surface area contributed by atoms with Crippen LogP contribution in [0.1, 0.15) is 36.8 Å². The summed E-state index contributed by atoms with van der Waals surface area (Å²) in [6.45, 7) is 2.99. The molecule has 122 valence electrons. The molecule has 2 aliphatic rings. The molecule has 1 aromatic heterocycles. The van der Waals surface area contributed by atoms with Gasteiger partial charge in [0.05, 0.1) is 6.54 Å². The molecule has 1 aromatic carbocycles. The fraction of sp³-hybridized carbons (Fsp3) is 0.526. The van der Waals surface area contributed by atoms with Crippen LogP contribution in [0.4, 0.5) is 0 Å². The molecule has 4 rings (SSSR count). The summed E-state index contributed by atoms with van der Waals surface area (Å²) in [5.74, 6) is 0.959. The van der Waals surface area contributed by atoms with Crippen molar-refractivity contribution in [1.29, 1.82) is 0 Å². The Morgan fingerprint density at radius 2 is 1.96 bits per heavy atom. The lowest BCUT2D eigenvalue weighted by molar-refractivity contribution is 0.297. The summed E-state index contributed by atoms with van der Waals surface area (Å²) in [7, 11) is 0. The zero-order chi connectivity index (χ0) is 15.5. The first-order chi connectivity index (χ1) is 11.4. The van der Waals surface area contributed by atoms with Gasteiger partial charge in [0.1, 0.15) is 0 Å². The topological polar surface area (TPSA) is 41.9 Å². The van der Waals surface area contributed by atoms with Gasteiger partial charge in [0, 0.05) is 31.0 Å². The summed E-state index contributed by atoms with van der Waals surface area (Å²) in [5.41, 5.74) is 2.67. The lowest BCUT2D eigenvalue weighted by atomic mass is 9.96. The fourth-order valence-corrected chi connectivity index (χ4v) is 3.60. The molecule has 4 nitrogen and oxygen atoms in total. The number of nitrogens with zero attached hydrogens (tertiary/aromatic N) is 2. The lowest BCUT2D eigenvalue weighted by Gasteiger charge is -2.31. The maximum Gasteiger partial charge on any atom is 0.0659 e. The lowest BCUT2D eigenvalue weighted by Crippen LogP contribution is -2.46. The number of aromatic nitrogens is 2. The van der Waals surface area contributed by atoms with E-state index >= 15 is 0 Å². The minimum atomic E-state index is 0.672. The van der Waals surface area contributed by atoms with Gasteiger partial charge in [-0.15, -0.1) is 0 Å². The van der Waals surface area contributed by atoms with Crippen molar-refractivity contribution in [3.05, 3.63) is 53.9 Å². The summed E-state index contributed by atoms with van der Waals surface area (Å²) >= 11 is 0. The smallest absolute Gasteiger partial charge is 0.0659 e. The summed E-state index contributed by atoms with van der Waals surface area (Å²) in [6.07, 6.45) is 9.24. The molecule has 0 bridgehead atoms. The molecular weight excluding hydrogens is 284 g/mol. The normalized spacial score (nSPS) is 24.7. The van der Waals surface area contributed by atoms with Crippen molar-refractivity contribution in [1.82, 2.24) is 20.4 Å². The molecule has 2 fully saturated rings. The Morgan fingerprint density at radius 3 is 2.70 bits per heavy atom. The molecule has 1 saturated heterocycles. The number of piperidine rings is 1. The highest BCUT2D eigenvalue weighted by atomic mass is 15.3. The highest BCUT2D eigenvalue weighted by molar-refractivity contribution is 5.22. The van der Waals surface area contributed by atoms with Crippen LogP contribution in [0.5, 0.6) is 0 Å². The fourth-order valence-electron chi connectivity index (χ4n) is 3.60. The predicted molar refractivity (Wildman–Crippen MR) is 92.1 cm³/mol. The molecule has 2 atom stereocenters. The van der Waals surface area contributed by atoms with E-state index in [1.54, 1.807) is 0 Å². The number of hydrogen-bond acceptors (Lipinski definition) is 3. The van der Waals surface area contributed by atoms with Gasteiger partial charge >= 0.3 is 0 Å². The van der Waals surface area contributed by atoms with Crippen molar-refractivity contribution in [3.63, 3.8) is 0 Å². The highest BCUT2D eigenvalue weighted by Gasteiger charge is 2.34. The van der Waals surface area contributed by atoms with Crippen LogP contribution in [0.3, 0.4) is 0 Å². The van der Waals surface area contributed by atoms with Gasteiger partial charge in [0.15, 0.2) is 0 Å². The minimum Gasteiger partial charge on any atom is -0.314 e. The Hall–Kier alpha value is -1.65. The zero-order valence-corrected chi connectivity index (χ0v) is 13.6. The molecule has 0 amide bonds. The van der Waals surface area contributed by atoms with Crippen LogP contribution in [-0.4, -0.2) is 28.4 Å². The van der Waals surface area contributed by atoms with Crippen molar-refractivity contribution in [3.8, 4) is 0 Å². The van der Waals surface area contributed by atoms with E-state index in [0.717, 1.165) is 25.0 Å². The molecule has 2 N–H and O–H groups in total. The minimum absolute atomic E-state index is 0.672. The zero-order valence-electron chi connectivity index (χ0n) is 13.6. The number of benzene rings is 1. The van der Waals surface area contributed by atoms with E-state index in [1.165, 1.54) is 43.4 Å². The van der Waals surface area contributed by atoms with Crippen LogP contribution in [0, 0.1) is 5.92 Å². The molecule has 23 heavy (non-hydrogen) atoms. The third-order valence-electron chi connectivity index (χ3n) is 5.15. The predicted octanol–water partition coefficient (Wildman–Crippen LogP) is 2.55. The van der Waals surface area contributed by atoms with Gasteiger partial charge in [-0.2, -0.15) is 5.10 Å². The van der Waals surface area contributed by atoms with Crippen LogP contribution >= 0.6 is 0 Å². The molecule has 0 spiro atoms. The molecule has 2 unspecified atom stereocenters. The van der Waals surface area contributed by atoms with Gasteiger partial charge < -0.3 is 10.6 Å². The Morgan fingerprint density at radius 1 is 1.13 bits per heavy atom. The van der Waals surface area contributed by atoms with Crippen molar-refractivity contribution >= 4 is 0 Å². The molecular formula is C19H26N4. The van der Waals surface area contributed by atoms with E-state index in [2.05, 4.69) is 40.0 Å². The van der Waals surface area contributed by atoms with Crippen molar-refractivity contribution in [2.24, 2.45) is 5.92 Å². The van der Waals surface area contributed by atoms with E-state index in [0.29, 0.717) is 6.04 Å². The first-order valence-corrected chi connectivity index (χ1v) is 8.89. The van der Waals surface area contributed by atoms with Crippen LogP contribution < -0.4 is 10.6 Å². The first kappa shape index (κ1) is 14.9. The third kappa shape index (κ3) is 4.01. The second-order valence-electron chi connectivity index (χ2n) is 7.02. The van der Waals surface area contributed by atoms with Crippen molar-refractivity contribution < 1.29 is 0 Å². The number of nitrogens with one attached hydrogen (secondary N) is 2. The van der Waals surface area contributed by atoms with Gasteiger partial charge in [-0.25, -0.2) is 0 Å². The van der Waals surface area contributed by atoms with E-state index in [-0.39, 0.29) is 0 Å². The monoisotopic (exact) mass is 310 g/mol. The Labute approximate surface area is 138 Å². The Balaban J connectivity index is 1.27. The largest absolute Gasteiger partial charge is 0.314 e. The summed E-state index contributed by atoms with van der Waals surface area (Å²) in [4.78, 5) is 0. The third-order valence-corrected chi connectivity index (χ3v) is 5.15. The molecule has 4 heteroatoms.